The van der Waals surface area contributed by atoms with Gasteiger partial charge >= 0.3 is 12.1 Å². The number of hydrogen-bond acceptors (Lipinski definition) is 5. The summed E-state index contributed by atoms with van der Waals surface area (Å²) in [4.78, 5) is 18.3. The smallest absolute Gasteiger partial charge is 0.490 e. The number of hydrogen-bond donors (Lipinski definition) is 3. The zero-order valence-corrected chi connectivity index (χ0v) is 17.1. The molecule has 0 radical (unpaired) electrons. The number of ether oxygens (including phenoxy) is 1. The quantitative estimate of drug-likeness (QED) is 0.544. The van der Waals surface area contributed by atoms with Gasteiger partial charge in [0.15, 0.2) is 0 Å². The molecule has 2 aromatic heterocycles. The van der Waals surface area contributed by atoms with Crippen molar-refractivity contribution < 1.29 is 27.8 Å². The van der Waals surface area contributed by atoms with Gasteiger partial charge in [-0.15, -0.1) is 11.3 Å². The topological polar surface area (TPSA) is 87.2 Å². The van der Waals surface area contributed by atoms with Crippen molar-refractivity contribution in [2.45, 2.75) is 37.9 Å². The number of thiazole rings is 1. The summed E-state index contributed by atoms with van der Waals surface area (Å²) in [5.74, 6) is -1.85. The number of aromatic nitrogens is 2. The van der Waals surface area contributed by atoms with Crippen molar-refractivity contribution in [2.75, 3.05) is 13.7 Å². The van der Waals surface area contributed by atoms with Crippen molar-refractivity contribution in [3.05, 3.63) is 46.0 Å². The number of carbonyl (C=O) groups is 1. The molecular formula is C20H22F3N3O3S. The lowest BCUT2D eigenvalue weighted by Crippen LogP contribution is -2.26. The number of rotatable bonds is 5. The summed E-state index contributed by atoms with van der Waals surface area (Å²) in [7, 11) is 1.71. The van der Waals surface area contributed by atoms with Gasteiger partial charge < -0.3 is 20.1 Å². The van der Waals surface area contributed by atoms with Gasteiger partial charge in [0.05, 0.1) is 29.9 Å². The van der Waals surface area contributed by atoms with Crippen LogP contribution in [0.25, 0.3) is 10.9 Å². The van der Waals surface area contributed by atoms with E-state index in [0.717, 1.165) is 24.2 Å². The number of fused-ring (bicyclic) bond motifs is 2. The van der Waals surface area contributed by atoms with E-state index >= 15 is 0 Å². The third-order valence-electron chi connectivity index (χ3n) is 4.91. The van der Waals surface area contributed by atoms with Gasteiger partial charge in [-0.3, -0.25) is 0 Å². The van der Waals surface area contributed by atoms with Crippen molar-refractivity contribution in [1.29, 1.82) is 0 Å². The molecule has 3 aromatic rings. The average Bonchev–Trinajstić information content (AvgIpc) is 3.35. The molecule has 4 rings (SSSR count). The van der Waals surface area contributed by atoms with Crippen molar-refractivity contribution in [3.8, 4) is 5.75 Å². The van der Waals surface area contributed by atoms with Crippen LogP contribution in [-0.4, -0.2) is 40.9 Å². The number of halogens is 3. The predicted molar refractivity (Wildman–Crippen MR) is 108 cm³/mol. The summed E-state index contributed by atoms with van der Waals surface area (Å²) in [6.07, 6.45) is 1.67. The van der Waals surface area contributed by atoms with Crippen LogP contribution >= 0.6 is 11.3 Å². The summed E-state index contributed by atoms with van der Waals surface area (Å²) < 4.78 is 37.2. The van der Waals surface area contributed by atoms with E-state index in [-0.39, 0.29) is 0 Å². The highest BCUT2D eigenvalue weighted by Gasteiger charge is 2.38. The maximum Gasteiger partial charge on any atom is 0.490 e. The summed E-state index contributed by atoms with van der Waals surface area (Å²) in [5, 5.41) is 12.1. The summed E-state index contributed by atoms with van der Waals surface area (Å²) in [6.45, 7) is 0.964. The van der Waals surface area contributed by atoms with Crippen LogP contribution in [0.5, 0.6) is 5.75 Å². The number of nitrogens with zero attached hydrogens (tertiary/aromatic N) is 1. The number of aromatic amines is 1. The number of H-pyrrole nitrogens is 1. The Hall–Kier alpha value is -2.59. The van der Waals surface area contributed by atoms with Gasteiger partial charge in [-0.05, 0) is 43.9 Å². The second-order valence-corrected chi connectivity index (χ2v) is 7.75. The normalized spacial score (nSPS) is 15.9. The lowest BCUT2D eigenvalue weighted by atomic mass is 9.97. The van der Waals surface area contributed by atoms with Crippen molar-refractivity contribution in [2.24, 2.45) is 0 Å². The fourth-order valence-electron chi connectivity index (χ4n) is 3.50. The summed E-state index contributed by atoms with van der Waals surface area (Å²) in [6, 6.07) is 6.62. The van der Waals surface area contributed by atoms with E-state index in [9.17, 15) is 13.2 Å². The first-order valence-corrected chi connectivity index (χ1v) is 10.3. The second-order valence-electron chi connectivity index (χ2n) is 6.81. The maximum atomic E-state index is 10.6. The van der Waals surface area contributed by atoms with Gasteiger partial charge in [0.1, 0.15) is 5.75 Å². The SMILES string of the molecule is COc1cccc2c(CCNC3CCCc4scnc43)c[nH]c12.O=C(O)C(F)(F)F. The number of carboxylic acids is 1. The number of para-hydroxylation sites is 1. The molecule has 0 aliphatic heterocycles. The molecule has 0 amide bonds. The maximum absolute atomic E-state index is 10.6. The minimum Gasteiger partial charge on any atom is -0.495 e. The molecule has 1 aliphatic carbocycles. The van der Waals surface area contributed by atoms with Crippen molar-refractivity contribution in [1.82, 2.24) is 15.3 Å². The van der Waals surface area contributed by atoms with Gasteiger partial charge in [0.2, 0.25) is 0 Å². The molecule has 1 unspecified atom stereocenters. The van der Waals surface area contributed by atoms with E-state index in [1.54, 1.807) is 18.4 Å². The van der Waals surface area contributed by atoms with Crippen molar-refractivity contribution >= 4 is 28.2 Å². The number of aliphatic carboxylic acids is 1. The van der Waals surface area contributed by atoms with Gasteiger partial charge in [0.25, 0.3) is 0 Å². The Kier molecular flexibility index (Phi) is 6.99. The molecular weight excluding hydrogens is 419 g/mol. The fraction of sp³-hybridized carbons (Fsp3) is 0.400. The Balaban J connectivity index is 0.000000318. The molecule has 162 valence electrons. The molecule has 3 N–H and O–H groups in total. The van der Waals surface area contributed by atoms with E-state index in [1.165, 1.54) is 40.8 Å². The van der Waals surface area contributed by atoms with Crippen LogP contribution in [0, 0.1) is 0 Å². The number of aryl methyl sites for hydroxylation is 1. The molecule has 10 heteroatoms. The Morgan fingerprint density at radius 3 is 2.90 bits per heavy atom. The molecule has 6 nitrogen and oxygen atoms in total. The average molecular weight is 441 g/mol. The van der Waals surface area contributed by atoms with Crippen LogP contribution in [0.1, 0.15) is 35.0 Å². The third kappa shape index (κ3) is 5.11. The minimum atomic E-state index is -5.08. The molecule has 30 heavy (non-hydrogen) atoms. The number of benzene rings is 1. The Morgan fingerprint density at radius 2 is 2.20 bits per heavy atom. The van der Waals surface area contributed by atoms with Crippen LogP contribution in [0.2, 0.25) is 0 Å². The lowest BCUT2D eigenvalue weighted by Gasteiger charge is -2.22. The third-order valence-corrected chi connectivity index (χ3v) is 5.82. The van der Waals surface area contributed by atoms with Crippen LogP contribution in [0.15, 0.2) is 29.9 Å². The molecule has 0 bridgehead atoms. The first-order chi connectivity index (χ1) is 14.3. The van der Waals surface area contributed by atoms with Crippen LogP contribution in [-0.2, 0) is 17.6 Å². The number of nitrogens with one attached hydrogen (secondary N) is 2. The number of carboxylic acid groups (broad SMARTS) is 1. The van der Waals surface area contributed by atoms with Gasteiger partial charge in [-0.25, -0.2) is 9.78 Å². The van der Waals surface area contributed by atoms with E-state index in [2.05, 4.69) is 33.6 Å². The van der Waals surface area contributed by atoms with E-state index in [4.69, 9.17) is 14.6 Å². The zero-order chi connectivity index (χ0) is 21.7. The van der Waals surface area contributed by atoms with E-state index in [1.807, 2.05) is 11.6 Å². The van der Waals surface area contributed by atoms with Crippen molar-refractivity contribution in [3.63, 3.8) is 0 Å². The number of alkyl halides is 3. The first kappa shape index (κ1) is 22.1. The molecule has 2 heterocycles. The molecule has 0 saturated carbocycles. The highest BCUT2D eigenvalue weighted by Crippen LogP contribution is 2.31. The standard InChI is InChI=1S/C18H21N3OS.C2HF3O2/c1-22-15-6-2-4-13-12(10-20-17(13)15)8-9-19-14-5-3-7-16-18(14)21-11-23-16;3-2(4,5)1(6)7/h2,4,6,10-11,14,19-20H,3,5,7-9H2,1H3;(H,6,7). The van der Waals surface area contributed by atoms with Gasteiger partial charge in [-0.2, -0.15) is 13.2 Å². The van der Waals surface area contributed by atoms with Crippen LogP contribution in [0.4, 0.5) is 13.2 Å². The molecule has 1 aromatic carbocycles. The van der Waals surface area contributed by atoms with Gasteiger partial charge in [0, 0.05) is 16.5 Å². The van der Waals surface area contributed by atoms with E-state index < -0.39 is 12.1 Å². The van der Waals surface area contributed by atoms with Gasteiger partial charge in [-0.1, -0.05) is 12.1 Å². The second kappa shape index (κ2) is 9.48. The van der Waals surface area contributed by atoms with Crippen LogP contribution in [0.3, 0.4) is 0 Å². The fourth-order valence-corrected chi connectivity index (χ4v) is 4.37. The highest BCUT2D eigenvalue weighted by molar-refractivity contribution is 7.09. The molecule has 1 aliphatic rings. The molecule has 0 saturated heterocycles. The minimum absolute atomic E-state index is 0.421. The Labute approximate surface area is 175 Å². The lowest BCUT2D eigenvalue weighted by molar-refractivity contribution is -0.192. The monoisotopic (exact) mass is 441 g/mol. The summed E-state index contributed by atoms with van der Waals surface area (Å²) >= 11 is 1.80. The Morgan fingerprint density at radius 1 is 1.43 bits per heavy atom. The van der Waals surface area contributed by atoms with Crippen LogP contribution < -0.4 is 10.1 Å². The predicted octanol–water partition coefficient (Wildman–Crippen LogP) is 4.48. The van der Waals surface area contributed by atoms with E-state index in [0.29, 0.717) is 6.04 Å². The molecule has 0 spiro atoms. The highest BCUT2D eigenvalue weighted by atomic mass is 32.1. The zero-order valence-electron chi connectivity index (χ0n) is 16.3. The molecule has 0 fully saturated rings. The molecule has 1 atom stereocenters. The largest absolute Gasteiger partial charge is 0.495 e. The first-order valence-electron chi connectivity index (χ1n) is 9.40. The number of methoxy groups -OCH3 is 1. The summed E-state index contributed by atoms with van der Waals surface area (Å²) in [5.41, 5.74) is 5.68. The Bertz CT molecular complexity index is 1000.